The third kappa shape index (κ3) is 9.57. The van der Waals surface area contributed by atoms with Gasteiger partial charge in [0, 0.05) is 49.5 Å². The molecule has 3 heterocycles. The topological polar surface area (TPSA) is 128 Å². The lowest BCUT2D eigenvalue weighted by Gasteiger charge is -2.25. The van der Waals surface area contributed by atoms with Crippen LogP contribution in [0.4, 0.5) is 35.9 Å². The number of alkyl carbamates (subject to hydrolysis) is 1. The Balaban J connectivity index is 0.000000502. The molecule has 0 radical (unpaired) electrons. The molecule has 2 aliphatic rings. The van der Waals surface area contributed by atoms with Gasteiger partial charge in [-0.1, -0.05) is 0 Å². The van der Waals surface area contributed by atoms with Crippen molar-refractivity contribution < 1.29 is 55.1 Å². The molecule has 10 nitrogen and oxygen atoms in total. The van der Waals surface area contributed by atoms with Gasteiger partial charge >= 0.3 is 24.2 Å². The number of nitrogens with zero attached hydrogens (tertiary/aromatic N) is 3. The molecule has 0 saturated heterocycles. The van der Waals surface area contributed by atoms with E-state index in [9.17, 15) is 40.7 Å². The van der Waals surface area contributed by atoms with Crippen molar-refractivity contribution in [1.82, 2.24) is 15.2 Å². The molecule has 0 saturated carbocycles. The van der Waals surface area contributed by atoms with Gasteiger partial charge in [-0.05, 0) is 45.2 Å². The van der Waals surface area contributed by atoms with Crippen molar-refractivity contribution in [3.05, 3.63) is 65.3 Å². The van der Waals surface area contributed by atoms with Gasteiger partial charge < -0.3 is 15.2 Å². The fourth-order valence-corrected chi connectivity index (χ4v) is 4.59. The Morgan fingerprint density at radius 1 is 1.16 bits per heavy atom. The number of hydrogen-bond donors (Lipinski definition) is 3. The van der Waals surface area contributed by atoms with Crippen molar-refractivity contribution in [2.45, 2.75) is 70.8 Å². The van der Waals surface area contributed by atoms with Crippen molar-refractivity contribution in [1.29, 1.82) is 0 Å². The number of carbonyl (C=O) groups excluding carboxylic acids is 2. The minimum Gasteiger partial charge on any atom is -0.465 e. The van der Waals surface area contributed by atoms with Gasteiger partial charge in [0.1, 0.15) is 29.1 Å². The first kappa shape index (κ1) is 34.1. The summed E-state index contributed by atoms with van der Waals surface area (Å²) in [4.78, 5) is 42.5. The van der Waals surface area contributed by atoms with Gasteiger partial charge in [-0.2, -0.15) is 13.2 Å². The van der Waals surface area contributed by atoms with E-state index in [1.54, 1.807) is 20.8 Å². The molecule has 44 heavy (non-hydrogen) atoms. The van der Waals surface area contributed by atoms with Gasteiger partial charge in [0.15, 0.2) is 11.6 Å². The molecule has 2 aromatic rings. The highest BCUT2D eigenvalue weighted by atomic mass is 19.4. The number of aliphatic imine (C=N–C) groups is 1. The number of rotatable bonds is 6. The summed E-state index contributed by atoms with van der Waals surface area (Å²) in [6.45, 7) is 5.17. The number of carbonyl (C=O) groups is 3. The molecule has 2 aliphatic heterocycles. The van der Waals surface area contributed by atoms with Crippen LogP contribution < -0.4 is 9.88 Å². The first-order valence-electron chi connectivity index (χ1n) is 13.5. The number of imidazole rings is 1. The zero-order chi connectivity index (χ0) is 32.8. The van der Waals surface area contributed by atoms with Gasteiger partial charge in [-0.15, -0.1) is 0 Å². The highest BCUT2D eigenvalue weighted by Crippen LogP contribution is 2.28. The number of amides is 2. The number of benzene rings is 1. The highest BCUT2D eigenvalue weighted by molar-refractivity contribution is 5.82. The van der Waals surface area contributed by atoms with E-state index in [0.717, 1.165) is 9.47 Å². The van der Waals surface area contributed by atoms with Crippen LogP contribution in [0.3, 0.4) is 0 Å². The molecule has 1 aromatic heterocycles. The largest absolute Gasteiger partial charge is 0.494 e. The first-order chi connectivity index (χ1) is 20.4. The SMILES string of the molecule is CC(C)(C)OC(=O)NC(CC(=O)[C@@H]1CC[n+]2c(c[nH]c2C(F)(F)F)C1)Cc1cc(F)c(F)cc1F.O=C(O)N1C=CN=CC1. The van der Waals surface area contributed by atoms with E-state index < -0.39 is 59.2 Å². The van der Waals surface area contributed by atoms with Crippen molar-refractivity contribution >= 4 is 24.2 Å². The maximum Gasteiger partial charge on any atom is 0.494 e. The summed E-state index contributed by atoms with van der Waals surface area (Å²) in [5.74, 6) is -5.61. The van der Waals surface area contributed by atoms with E-state index in [2.05, 4.69) is 15.3 Å². The van der Waals surface area contributed by atoms with Crippen LogP contribution in [0.25, 0.3) is 0 Å². The summed E-state index contributed by atoms with van der Waals surface area (Å²) in [6, 6.07) is 0.00446. The normalized spacial score (nSPS) is 16.8. The number of carboxylic acid groups (broad SMARTS) is 1. The Labute approximate surface area is 248 Å². The second-order valence-corrected chi connectivity index (χ2v) is 11.1. The van der Waals surface area contributed by atoms with E-state index in [1.165, 1.54) is 24.8 Å². The number of halogens is 6. The smallest absolute Gasteiger partial charge is 0.465 e. The van der Waals surface area contributed by atoms with E-state index in [0.29, 0.717) is 24.4 Å². The molecular weight excluding hydrogens is 600 g/mol. The molecule has 2 atom stereocenters. The molecule has 1 unspecified atom stereocenters. The second kappa shape index (κ2) is 13.9. The average Bonchev–Trinajstić information content (AvgIpc) is 3.35. The van der Waals surface area contributed by atoms with Crippen molar-refractivity contribution in [2.75, 3.05) is 6.54 Å². The number of nitrogens with one attached hydrogen (secondary N) is 2. The second-order valence-electron chi connectivity index (χ2n) is 11.1. The van der Waals surface area contributed by atoms with Crippen LogP contribution in [0.15, 0.2) is 35.7 Å². The van der Waals surface area contributed by atoms with Crippen LogP contribution in [-0.4, -0.2) is 57.4 Å². The van der Waals surface area contributed by atoms with Crippen LogP contribution >= 0.6 is 0 Å². The standard InChI is InChI=1S/C23H25F6N3O3.C5H6N2O2/c1-22(2,3)35-21(34)31-14(6-13-8-17(25)18(26)10-16(13)24)9-19(33)12-4-5-32-15(7-12)11-30-20(32)23(27,28)29;8-5(9)7-3-1-6-2-4-7/h8,10-12,14H,4-7,9H2,1-3H3,(H,31,34);1-3H,4H2,(H,8,9)/p+1/t12-,14?;/m1./s1. The van der Waals surface area contributed by atoms with E-state index in [4.69, 9.17) is 9.84 Å². The Morgan fingerprint density at radius 3 is 2.41 bits per heavy atom. The quantitative estimate of drug-likeness (QED) is 0.237. The molecule has 4 rings (SSSR count). The molecule has 3 N–H and O–H groups in total. The molecule has 0 fully saturated rings. The Bertz CT molecular complexity index is 1430. The molecular formula is C28H32F6N5O5+. The Kier molecular flexibility index (Phi) is 10.8. The lowest BCUT2D eigenvalue weighted by molar-refractivity contribution is -0.726. The maximum atomic E-state index is 14.2. The van der Waals surface area contributed by atoms with Gasteiger partial charge in [-0.25, -0.2) is 32.3 Å². The number of aromatic amines is 1. The predicted octanol–water partition coefficient (Wildman–Crippen LogP) is 4.92. The molecule has 240 valence electrons. The Hall–Kier alpha value is -4.37. The molecule has 0 spiro atoms. The maximum absolute atomic E-state index is 14.2. The van der Waals surface area contributed by atoms with Gasteiger partial charge in [-0.3, -0.25) is 14.7 Å². The summed E-state index contributed by atoms with van der Waals surface area (Å²) in [6.07, 6.45) is -1.25. The van der Waals surface area contributed by atoms with Gasteiger partial charge in [0.05, 0.1) is 13.1 Å². The number of fused-ring (bicyclic) bond motifs is 1. The fraction of sp³-hybridized carbons (Fsp3) is 0.464. The van der Waals surface area contributed by atoms with E-state index >= 15 is 0 Å². The van der Waals surface area contributed by atoms with Crippen molar-refractivity contribution in [3.63, 3.8) is 0 Å². The first-order valence-corrected chi connectivity index (χ1v) is 13.5. The third-order valence-electron chi connectivity index (χ3n) is 6.56. The highest BCUT2D eigenvalue weighted by Gasteiger charge is 2.45. The molecule has 0 bridgehead atoms. The number of Topliss-reactive ketones (excluding diaryl/α,β-unsaturated/α-hetero) is 1. The summed E-state index contributed by atoms with van der Waals surface area (Å²) >= 11 is 0. The minimum atomic E-state index is -4.56. The van der Waals surface area contributed by atoms with Crippen LogP contribution in [0, 0.1) is 23.4 Å². The van der Waals surface area contributed by atoms with Crippen LogP contribution in [0.2, 0.25) is 0 Å². The number of H-pyrrole nitrogens is 1. The summed E-state index contributed by atoms with van der Waals surface area (Å²) in [7, 11) is 0. The number of hydrogen-bond acceptors (Lipinski definition) is 5. The van der Waals surface area contributed by atoms with Crippen LogP contribution in [-0.2, 0) is 35.1 Å². The summed E-state index contributed by atoms with van der Waals surface area (Å²) in [5, 5.41) is 10.8. The van der Waals surface area contributed by atoms with E-state index in [1.807, 2.05) is 0 Å². The van der Waals surface area contributed by atoms with Gasteiger partial charge in [0.2, 0.25) is 0 Å². The van der Waals surface area contributed by atoms with Crippen molar-refractivity contribution in [3.8, 4) is 0 Å². The zero-order valence-electron chi connectivity index (χ0n) is 24.1. The third-order valence-corrected chi connectivity index (χ3v) is 6.56. The van der Waals surface area contributed by atoms with Crippen LogP contribution in [0.1, 0.15) is 50.7 Å². The zero-order valence-corrected chi connectivity index (χ0v) is 24.1. The minimum absolute atomic E-state index is 0.0357. The molecule has 0 aliphatic carbocycles. The average molecular weight is 633 g/mol. The predicted molar refractivity (Wildman–Crippen MR) is 143 cm³/mol. The van der Waals surface area contributed by atoms with Crippen molar-refractivity contribution in [2.24, 2.45) is 10.9 Å². The monoisotopic (exact) mass is 632 g/mol. The number of alkyl halides is 3. The molecule has 16 heteroatoms. The molecule has 2 amide bonds. The van der Waals surface area contributed by atoms with Gasteiger partial charge in [0.25, 0.3) is 0 Å². The molecule has 1 aromatic carbocycles. The Morgan fingerprint density at radius 2 is 1.84 bits per heavy atom. The number of ether oxygens (including phenoxy) is 1. The lowest BCUT2D eigenvalue weighted by Crippen LogP contribution is -2.49. The summed E-state index contributed by atoms with van der Waals surface area (Å²) in [5.41, 5.74) is -0.808. The van der Waals surface area contributed by atoms with E-state index in [-0.39, 0.29) is 43.6 Å². The van der Waals surface area contributed by atoms with Crippen LogP contribution in [0.5, 0.6) is 0 Å². The summed E-state index contributed by atoms with van der Waals surface area (Å²) < 4.78 is 86.8. The fourth-order valence-electron chi connectivity index (χ4n) is 4.59. The number of ketones is 1. The number of aromatic nitrogens is 2. The lowest BCUT2D eigenvalue weighted by atomic mass is 9.87.